The van der Waals surface area contributed by atoms with Gasteiger partial charge in [-0.25, -0.2) is 0 Å². The third kappa shape index (κ3) is 6.15. The molecule has 32 heavy (non-hydrogen) atoms. The van der Waals surface area contributed by atoms with Gasteiger partial charge in [-0.15, -0.1) is 11.6 Å². The van der Waals surface area contributed by atoms with E-state index in [9.17, 15) is 4.91 Å². The second-order valence-electron chi connectivity index (χ2n) is 8.01. The summed E-state index contributed by atoms with van der Waals surface area (Å²) in [5.74, 6) is 0.474. The van der Waals surface area contributed by atoms with Crippen LogP contribution in [0.3, 0.4) is 0 Å². The lowest BCUT2D eigenvalue weighted by atomic mass is 9.82. The van der Waals surface area contributed by atoms with Crippen LogP contribution in [0.2, 0.25) is 0 Å². The van der Waals surface area contributed by atoms with Gasteiger partial charge in [0.1, 0.15) is 6.04 Å². The smallest absolute Gasteiger partial charge is 0.118 e. The number of methoxy groups -OCH3 is 1. The number of hydrogen-bond acceptors (Lipinski definition) is 5. The molecule has 1 N–H and O–H groups in total. The van der Waals surface area contributed by atoms with Crippen molar-refractivity contribution in [2.24, 2.45) is 5.18 Å². The van der Waals surface area contributed by atoms with Crippen LogP contribution in [0.4, 0.5) is 5.69 Å². The zero-order valence-corrected chi connectivity index (χ0v) is 19.5. The zero-order chi connectivity index (χ0) is 22.9. The van der Waals surface area contributed by atoms with Crippen LogP contribution in [0.5, 0.6) is 0 Å². The summed E-state index contributed by atoms with van der Waals surface area (Å²) in [5, 5.41) is 6.85. The van der Waals surface area contributed by atoms with E-state index >= 15 is 0 Å². The van der Waals surface area contributed by atoms with Crippen LogP contribution in [0, 0.1) is 18.8 Å². The molecule has 0 aliphatic heterocycles. The second-order valence-corrected chi connectivity index (χ2v) is 8.32. The number of nitroso groups, excluding NO2 is 1. The van der Waals surface area contributed by atoms with Gasteiger partial charge in [0, 0.05) is 37.2 Å². The average molecular weight is 452 g/mol. The third-order valence-corrected chi connectivity index (χ3v) is 6.15. The lowest BCUT2D eigenvalue weighted by Crippen LogP contribution is -2.23. The Balaban J connectivity index is 1.88. The van der Waals surface area contributed by atoms with Crippen LogP contribution in [-0.2, 0) is 4.74 Å². The number of benzene rings is 2. The largest absolute Gasteiger partial charge is 0.382 e. The molecule has 1 heterocycles. The Morgan fingerprint density at radius 3 is 2.44 bits per heavy atom. The average Bonchev–Trinajstić information content (AvgIpc) is 2.82. The number of halogens is 1. The van der Waals surface area contributed by atoms with Crippen LogP contribution < -0.4 is 5.32 Å². The van der Waals surface area contributed by atoms with Gasteiger partial charge < -0.3 is 10.1 Å². The van der Waals surface area contributed by atoms with Crippen LogP contribution >= 0.6 is 11.6 Å². The number of aryl methyl sites for hydroxylation is 2. The summed E-state index contributed by atoms with van der Waals surface area (Å²) in [7, 11) is 1.66. The number of nitrogens with zero attached hydrogens (tertiary/aromatic N) is 2. The molecule has 0 saturated heterocycles. The number of alkyl halides is 1. The molecule has 5 nitrogen and oxygen atoms in total. The fraction of sp³-hybridized carbons (Fsp3) is 0.346. The van der Waals surface area contributed by atoms with E-state index in [-0.39, 0.29) is 12.0 Å². The molecule has 0 saturated carbocycles. The van der Waals surface area contributed by atoms with Crippen molar-refractivity contribution >= 4 is 17.3 Å². The number of anilines is 1. The quantitative estimate of drug-likeness (QED) is 0.271. The molecule has 168 valence electrons. The number of hydrogen-bond donors (Lipinski definition) is 1. The molecule has 6 heteroatoms. The van der Waals surface area contributed by atoms with Gasteiger partial charge in [0.2, 0.25) is 0 Å². The lowest BCUT2D eigenvalue weighted by molar-refractivity contribution is 0.131. The van der Waals surface area contributed by atoms with Crippen LogP contribution in [0.15, 0.2) is 72.0 Å². The molecule has 0 spiro atoms. The molecule has 3 rings (SSSR count). The van der Waals surface area contributed by atoms with Gasteiger partial charge in [0.15, 0.2) is 0 Å². The molecular weight excluding hydrogens is 422 g/mol. The first-order valence-electron chi connectivity index (χ1n) is 10.8. The summed E-state index contributed by atoms with van der Waals surface area (Å²) in [6.45, 7) is 4.67. The second kappa shape index (κ2) is 11.7. The molecule has 2 unspecified atom stereocenters. The zero-order valence-electron chi connectivity index (χ0n) is 18.8. The molecule has 0 amide bonds. The summed E-state index contributed by atoms with van der Waals surface area (Å²) in [6, 6.07) is 20.0. The number of pyridine rings is 1. The van der Waals surface area contributed by atoms with Crippen molar-refractivity contribution in [2.45, 2.75) is 38.3 Å². The summed E-state index contributed by atoms with van der Waals surface area (Å²) in [4.78, 5) is 16.1. The van der Waals surface area contributed by atoms with Crippen molar-refractivity contribution in [1.29, 1.82) is 0 Å². The molecule has 2 aromatic carbocycles. The first kappa shape index (κ1) is 23.9. The summed E-state index contributed by atoms with van der Waals surface area (Å²) >= 11 is 5.90. The third-order valence-electron chi connectivity index (χ3n) is 5.81. The normalized spacial score (nSPS) is 13.9. The maximum Gasteiger partial charge on any atom is 0.118 e. The maximum atomic E-state index is 11.9. The monoisotopic (exact) mass is 451 g/mol. The molecule has 1 aromatic heterocycles. The predicted octanol–water partition coefficient (Wildman–Crippen LogP) is 6.39. The Labute approximate surface area is 195 Å². The fourth-order valence-corrected chi connectivity index (χ4v) is 4.16. The highest BCUT2D eigenvalue weighted by Crippen LogP contribution is 2.37. The Hall–Kier alpha value is -2.76. The van der Waals surface area contributed by atoms with Crippen LogP contribution in [-0.4, -0.2) is 30.6 Å². The van der Waals surface area contributed by atoms with Gasteiger partial charge >= 0.3 is 0 Å². The minimum atomic E-state index is -0.453. The van der Waals surface area contributed by atoms with Crippen molar-refractivity contribution in [1.82, 2.24) is 4.98 Å². The van der Waals surface area contributed by atoms with E-state index in [1.54, 1.807) is 13.3 Å². The number of aromatic nitrogens is 1. The van der Waals surface area contributed by atoms with E-state index < -0.39 is 6.04 Å². The Morgan fingerprint density at radius 2 is 1.81 bits per heavy atom. The van der Waals surface area contributed by atoms with E-state index in [4.69, 9.17) is 16.3 Å². The molecular formula is C26H30ClN3O2. The van der Waals surface area contributed by atoms with Gasteiger partial charge in [-0.05, 0) is 66.8 Å². The molecule has 0 fully saturated rings. The molecule has 0 aliphatic carbocycles. The van der Waals surface area contributed by atoms with Crippen molar-refractivity contribution in [3.8, 4) is 0 Å². The standard InChI is InChI=1S/C26H30ClN3O2/c1-18-6-4-5-7-24(18)25(15-26(30-31)21-12-13-28-19(2)14-21)20-8-10-22(11-9-20)29-17-23(16-27)32-3/h4-14,23,25-26,29H,15-17H2,1-3H3/t23?,25-,26?/m1/s1. The highest BCUT2D eigenvalue weighted by molar-refractivity contribution is 6.18. The molecule has 0 bridgehead atoms. The van der Waals surface area contributed by atoms with Gasteiger partial charge in [0.25, 0.3) is 0 Å². The van der Waals surface area contributed by atoms with E-state index in [1.165, 1.54) is 11.1 Å². The van der Waals surface area contributed by atoms with E-state index in [2.05, 4.69) is 58.8 Å². The van der Waals surface area contributed by atoms with Crippen LogP contribution in [0.1, 0.15) is 46.3 Å². The molecule has 3 aromatic rings. The van der Waals surface area contributed by atoms with Crippen molar-refractivity contribution in [3.63, 3.8) is 0 Å². The number of rotatable bonds is 11. The van der Waals surface area contributed by atoms with E-state index in [1.807, 2.05) is 31.2 Å². The van der Waals surface area contributed by atoms with Crippen molar-refractivity contribution in [3.05, 3.63) is 99.7 Å². The molecule has 0 aliphatic rings. The highest BCUT2D eigenvalue weighted by atomic mass is 35.5. The Bertz CT molecular complexity index is 1010. The summed E-state index contributed by atoms with van der Waals surface area (Å²) < 4.78 is 5.32. The number of ether oxygens (including phenoxy) is 1. The summed E-state index contributed by atoms with van der Waals surface area (Å²) in [5.41, 5.74) is 6.32. The first-order valence-corrected chi connectivity index (χ1v) is 11.3. The maximum absolute atomic E-state index is 11.9. The summed E-state index contributed by atoms with van der Waals surface area (Å²) in [6.07, 6.45) is 2.28. The Kier molecular flexibility index (Phi) is 8.77. The van der Waals surface area contributed by atoms with Gasteiger partial charge in [-0.1, -0.05) is 41.6 Å². The highest BCUT2D eigenvalue weighted by Gasteiger charge is 2.23. The van der Waals surface area contributed by atoms with E-state index in [0.29, 0.717) is 18.8 Å². The minimum Gasteiger partial charge on any atom is -0.382 e. The SMILES string of the molecule is COC(CCl)CNc1ccc([C@@H](CC(N=O)c2ccnc(C)c2)c2ccccc2C)cc1. The lowest BCUT2D eigenvalue weighted by Gasteiger charge is -2.23. The van der Waals surface area contributed by atoms with E-state index in [0.717, 1.165) is 22.5 Å². The minimum absolute atomic E-state index is 0.0380. The topological polar surface area (TPSA) is 63.6 Å². The predicted molar refractivity (Wildman–Crippen MR) is 132 cm³/mol. The number of nitrogens with one attached hydrogen (secondary N) is 1. The van der Waals surface area contributed by atoms with Crippen molar-refractivity contribution < 1.29 is 4.74 Å². The van der Waals surface area contributed by atoms with Crippen LogP contribution in [0.25, 0.3) is 0 Å². The van der Waals surface area contributed by atoms with Gasteiger partial charge in [0.05, 0.1) is 12.0 Å². The Morgan fingerprint density at radius 1 is 1.06 bits per heavy atom. The fourth-order valence-electron chi connectivity index (χ4n) is 3.92. The molecule has 3 atom stereocenters. The molecule has 0 radical (unpaired) electrons. The van der Waals surface area contributed by atoms with Gasteiger partial charge in [-0.2, -0.15) is 4.91 Å². The van der Waals surface area contributed by atoms with Gasteiger partial charge in [-0.3, -0.25) is 4.98 Å². The van der Waals surface area contributed by atoms with Crippen molar-refractivity contribution in [2.75, 3.05) is 24.9 Å². The first-order chi connectivity index (χ1) is 15.5.